The van der Waals surface area contributed by atoms with Crippen LogP contribution in [0.25, 0.3) is 16.9 Å². The Balaban J connectivity index is 1.77. The smallest absolute Gasteiger partial charge is 0.261 e. The maximum absolute atomic E-state index is 13.3. The third-order valence-corrected chi connectivity index (χ3v) is 3.92. The molecule has 0 aliphatic carbocycles. The van der Waals surface area contributed by atoms with Crippen LogP contribution in [0.4, 0.5) is 10.3 Å². The fourth-order valence-corrected chi connectivity index (χ4v) is 2.64. The molecule has 0 radical (unpaired) electrons. The van der Waals surface area contributed by atoms with E-state index in [9.17, 15) is 9.18 Å². The summed E-state index contributed by atoms with van der Waals surface area (Å²) in [6, 6.07) is 15.3. The van der Waals surface area contributed by atoms with Crippen LogP contribution in [-0.2, 0) is 7.05 Å². The second-order valence-corrected chi connectivity index (χ2v) is 5.87. The van der Waals surface area contributed by atoms with Crippen molar-refractivity contribution in [1.82, 2.24) is 24.5 Å². The Labute approximate surface area is 154 Å². The number of anilines is 1. The van der Waals surface area contributed by atoms with Crippen molar-refractivity contribution < 1.29 is 9.18 Å². The molecule has 0 saturated carbocycles. The number of benzene rings is 2. The number of carbonyl (C=O) groups excluding carboxylic acids is 1. The Bertz CT molecular complexity index is 1090. The van der Waals surface area contributed by atoms with E-state index in [2.05, 4.69) is 20.5 Å². The van der Waals surface area contributed by atoms with Crippen LogP contribution in [0.15, 0.2) is 67.1 Å². The molecule has 0 aliphatic rings. The van der Waals surface area contributed by atoms with Crippen molar-refractivity contribution in [3.63, 3.8) is 0 Å². The van der Waals surface area contributed by atoms with Crippen molar-refractivity contribution in [1.29, 1.82) is 0 Å². The maximum atomic E-state index is 13.3. The molecule has 2 aromatic heterocycles. The van der Waals surface area contributed by atoms with Crippen molar-refractivity contribution in [3.05, 3.63) is 78.5 Å². The fraction of sp³-hybridized carbons (Fsp3) is 0.0526. The normalized spacial score (nSPS) is 10.7. The van der Waals surface area contributed by atoms with Gasteiger partial charge in [0.05, 0.1) is 11.3 Å². The topological polar surface area (TPSA) is 77.6 Å². The first kappa shape index (κ1) is 16.6. The van der Waals surface area contributed by atoms with Gasteiger partial charge in [0.15, 0.2) is 0 Å². The van der Waals surface area contributed by atoms with Crippen molar-refractivity contribution in [3.8, 4) is 16.9 Å². The van der Waals surface area contributed by atoms with E-state index in [4.69, 9.17) is 0 Å². The summed E-state index contributed by atoms with van der Waals surface area (Å²) in [5.41, 5.74) is 2.20. The van der Waals surface area contributed by atoms with Crippen LogP contribution in [0.2, 0.25) is 0 Å². The van der Waals surface area contributed by atoms with Crippen LogP contribution in [0.5, 0.6) is 0 Å². The van der Waals surface area contributed by atoms with E-state index in [1.165, 1.54) is 23.1 Å². The van der Waals surface area contributed by atoms with E-state index >= 15 is 0 Å². The van der Waals surface area contributed by atoms with Crippen LogP contribution in [0.3, 0.4) is 0 Å². The molecule has 0 fully saturated rings. The number of aromatic nitrogens is 5. The van der Waals surface area contributed by atoms with E-state index in [-0.39, 0.29) is 11.8 Å². The Morgan fingerprint density at radius 1 is 1.04 bits per heavy atom. The Hall–Kier alpha value is -3.81. The van der Waals surface area contributed by atoms with Crippen molar-refractivity contribution in [2.24, 2.45) is 7.05 Å². The molecule has 2 aromatic carbocycles. The minimum atomic E-state index is -0.400. The van der Waals surface area contributed by atoms with E-state index in [1.54, 1.807) is 30.1 Å². The molecule has 0 saturated heterocycles. The van der Waals surface area contributed by atoms with Gasteiger partial charge >= 0.3 is 0 Å². The number of carbonyl (C=O) groups is 1. The molecule has 0 atom stereocenters. The molecule has 7 nitrogen and oxygen atoms in total. The number of aryl methyl sites for hydroxylation is 1. The number of rotatable bonds is 4. The lowest BCUT2D eigenvalue weighted by Gasteiger charge is -2.02. The second-order valence-electron chi connectivity index (χ2n) is 5.87. The molecular formula is C19H15FN6O. The van der Waals surface area contributed by atoms with E-state index in [0.29, 0.717) is 16.8 Å². The van der Waals surface area contributed by atoms with Gasteiger partial charge in [-0.2, -0.15) is 5.10 Å². The van der Waals surface area contributed by atoms with Gasteiger partial charge in [-0.3, -0.25) is 14.8 Å². The van der Waals surface area contributed by atoms with Crippen molar-refractivity contribution in [2.45, 2.75) is 0 Å². The minimum absolute atomic E-state index is 0.194. The average molecular weight is 362 g/mol. The highest BCUT2D eigenvalue weighted by atomic mass is 19.1. The fourth-order valence-electron chi connectivity index (χ4n) is 2.64. The van der Waals surface area contributed by atoms with Gasteiger partial charge in [-0.25, -0.2) is 14.1 Å². The van der Waals surface area contributed by atoms with Crippen LogP contribution < -0.4 is 5.32 Å². The Morgan fingerprint density at radius 3 is 2.44 bits per heavy atom. The first-order chi connectivity index (χ1) is 13.1. The third-order valence-electron chi connectivity index (χ3n) is 3.92. The van der Waals surface area contributed by atoms with Gasteiger partial charge in [-0.15, -0.1) is 5.10 Å². The standard InChI is InChI=1S/C19H15FN6O/c1-25-12-21-19(24-25)22-18(27)16-11-26(15-5-3-2-4-6-15)23-17(16)13-7-9-14(20)10-8-13/h2-12H,1H3,(H,22,24,27). The summed E-state index contributed by atoms with van der Waals surface area (Å²) in [5, 5.41) is 11.2. The summed E-state index contributed by atoms with van der Waals surface area (Å²) in [5.74, 6) is -0.562. The van der Waals surface area contributed by atoms with Crippen molar-refractivity contribution in [2.75, 3.05) is 5.32 Å². The van der Waals surface area contributed by atoms with Gasteiger partial charge in [-0.1, -0.05) is 18.2 Å². The molecule has 27 heavy (non-hydrogen) atoms. The summed E-state index contributed by atoms with van der Waals surface area (Å²) in [7, 11) is 1.71. The lowest BCUT2D eigenvalue weighted by Crippen LogP contribution is -2.13. The van der Waals surface area contributed by atoms with Gasteiger partial charge in [0.25, 0.3) is 5.91 Å². The summed E-state index contributed by atoms with van der Waals surface area (Å²) < 4.78 is 16.4. The lowest BCUT2D eigenvalue weighted by atomic mass is 10.1. The van der Waals surface area contributed by atoms with Gasteiger partial charge in [0, 0.05) is 18.8 Å². The van der Waals surface area contributed by atoms with Crippen LogP contribution in [0, 0.1) is 5.82 Å². The first-order valence-corrected chi connectivity index (χ1v) is 8.18. The second kappa shape index (κ2) is 6.83. The molecular weight excluding hydrogens is 347 g/mol. The molecule has 0 aliphatic heterocycles. The van der Waals surface area contributed by atoms with E-state index in [0.717, 1.165) is 5.69 Å². The molecule has 2 heterocycles. The minimum Gasteiger partial charge on any atom is -0.289 e. The summed E-state index contributed by atoms with van der Waals surface area (Å²) in [6.07, 6.45) is 3.12. The molecule has 134 valence electrons. The molecule has 1 amide bonds. The van der Waals surface area contributed by atoms with Crippen LogP contribution >= 0.6 is 0 Å². The molecule has 1 N–H and O–H groups in total. The largest absolute Gasteiger partial charge is 0.289 e. The molecule has 4 aromatic rings. The highest BCUT2D eigenvalue weighted by Gasteiger charge is 2.20. The zero-order valence-electron chi connectivity index (χ0n) is 14.4. The molecule has 0 spiro atoms. The number of hydrogen-bond donors (Lipinski definition) is 1. The van der Waals surface area contributed by atoms with Gasteiger partial charge in [-0.05, 0) is 36.4 Å². The quantitative estimate of drug-likeness (QED) is 0.605. The maximum Gasteiger partial charge on any atom is 0.261 e. The number of para-hydroxylation sites is 1. The first-order valence-electron chi connectivity index (χ1n) is 8.18. The number of nitrogens with one attached hydrogen (secondary N) is 1. The van der Waals surface area contributed by atoms with E-state index < -0.39 is 5.91 Å². The van der Waals surface area contributed by atoms with Gasteiger partial charge in [0.2, 0.25) is 5.95 Å². The lowest BCUT2D eigenvalue weighted by molar-refractivity contribution is 0.102. The van der Waals surface area contributed by atoms with Gasteiger partial charge < -0.3 is 0 Å². The molecule has 0 unspecified atom stereocenters. The zero-order valence-corrected chi connectivity index (χ0v) is 14.4. The third kappa shape index (κ3) is 3.45. The van der Waals surface area contributed by atoms with Gasteiger partial charge in [0.1, 0.15) is 17.8 Å². The Kier molecular flexibility index (Phi) is 4.21. The number of halogens is 1. The summed E-state index contributed by atoms with van der Waals surface area (Å²) in [4.78, 5) is 16.8. The number of amides is 1. The highest BCUT2D eigenvalue weighted by Crippen LogP contribution is 2.24. The predicted molar refractivity (Wildman–Crippen MR) is 97.9 cm³/mol. The van der Waals surface area contributed by atoms with Crippen molar-refractivity contribution >= 4 is 11.9 Å². The highest BCUT2D eigenvalue weighted by molar-refractivity contribution is 6.07. The number of hydrogen-bond acceptors (Lipinski definition) is 4. The predicted octanol–water partition coefficient (Wildman–Crippen LogP) is 3.06. The summed E-state index contributed by atoms with van der Waals surface area (Å²) >= 11 is 0. The van der Waals surface area contributed by atoms with E-state index in [1.807, 2.05) is 30.3 Å². The molecule has 8 heteroatoms. The summed E-state index contributed by atoms with van der Waals surface area (Å²) in [6.45, 7) is 0. The molecule has 0 bridgehead atoms. The van der Waals surface area contributed by atoms with Crippen LogP contribution in [-0.4, -0.2) is 30.5 Å². The SMILES string of the molecule is Cn1cnc(NC(=O)c2cn(-c3ccccc3)nc2-c2ccc(F)cc2)n1. The average Bonchev–Trinajstić information content (AvgIpc) is 3.30. The van der Waals surface area contributed by atoms with Crippen LogP contribution in [0.1, 0.15) is 10.4 Å². The number of nitrogens with zero attached hydrogens (tertiary/aromatic N) is 5. The Morgan fingerprint density at radius 2 is 1.78 bits per heavy atom. The zero-order chi connectivity index (χ0) is 18.8. The molecule has 4 rings (SSSR count). The monoisotopic (exact) mass is 362 g/mol.